The van der Waals surface area contributed by atoms with Gasteiger partial charge in [-0.15, -0.1) is 0 Å². The first-order valence-corrected chi connectivity index (χ1v) is 9.33. The average Bonchev–Trinajstić information content (AvgIpc) is 3.23. The van der Waals surface area contributed by atoms with Crippen molar-refractivity contribution in [2.45, 2.75) is 25.9 Å². The standard InChI is InChI=1S/C20H24N5O4/c1-12-11-25-16-17(22(2)20(27)23(3)18(16)26)21-19(25)24(12)9-8-13-6-7-14(28-4)15(10-13)29-5/h6-7,10-11,16H,8-9H2,1-5H3/q+1. The van der Waals surface area contributed by atoms with Gasteiger partial charge in [0.25, 0.3) is 5.91 Å². The molecule has 3 amide bonds. The lowest BCUT2D eigenvalue weighted by Crippen LogP contribution is -2.61. The number of carbonyl (C=O) groups is 2. The summed E-state index contributed by atoms with van der Waals surface area (Å²) in [5.41, 5.74) is 2.10. The molecule has 0 saturated carbocycles. The molecule has 2 aromatic rings. The lowest BCUT2D eigenvalue weighted by Gasteiger charge is -2.30. The highest BCUT2D eigenvalue weighted by Gasteiger charge is 2.52. The summed E-state index contributed by atoms with van der Waals surface area (Å²) in [6, 6.07) is 4.88. The van der Waals surface area contributed by atoms with E-state index in [1.54, 1.807) is 21.3 Å². The molecule has 0 N–H and O–H groups in total. The fourth-order valence-electron chi connectivity index (χ4n) is 3.86. The molecule has 0 radical (unpaired) electrons. The van der Waals surface area contributed by atoms with Crippen LogP contribution in [0.5, 0.6) is 11.5 Å². The van der Waals surface area contributed by atoms with Gasteiger partial charge in [0.15, 0.2) is 11.5 Å². The summed E-state index contributed by atoms with van der Waals surface area (Å²) in [5, 5.41) is 0. The van der Waals surface area contributed by atoms with Crippen molar-refractivity contribution in [3.05, 3.63) is 35.7 Å². The predicted molar refractivity (Wildman–Crippen MR) is 105 cm³/mol. The number of likely N-dealkylation sites (N-methyl/N-ethyl adjacent to an activating group) is 2. The minimum absolute atomic E-state index is 0.271. The van der Waals surface area contributed by atoms with E-state index in [9.17, 15) is 9.59 Å². The Labute approximate surface area is 168 Å². The molecule has 0 spiro atoms. The number of aryl methyl sites for hydroxylation is 2. The number of aromatic nitrogens is 2. The number of ether oxygens (including phenoxy) is 2. The van der Waals surface area contributed by atoms with Crippen LogP contribution in [-0.4, -0.2) is 60.5 Å². The van der Waals surface area contributed by atoms with Gasteiger partial charge in [-0.1, -0.05) is 11.1 Å². The zero-order chi connectivity index (χ0) is 20.9. The molecule has 29 heavy (non-hydrogen) atoms. The molecular formula is C20H24N5O4+. The molecule has 4 rings (SSSR count). The lowest BCUT2D eigenvalue weighted by molar-refractivity contribution is -0.677. The van der Waals surface area contributed by atoms with Crippen molar-refractivity contribution in [3.8, 4) is 11.5 Å². The Morgan fingerprint density at radius 3 is 2.52 bits per heavy atom. The van der Waals surface area contributed by atoms with Crippen LogP contribution in [0.1, 0.15) is 17.3 Å². The van der Waals surface area contributed by atoms with Crippen LogP contribution in [0.25, 0.3) is 0 Å². The Balaban J connectivity index is 1.63. The number of rotatable bonds is 5. The van der Waals surface area contributed by atoms with E-state index in [-0.39, 0.29) is 11.9 Å². The van der Waals surface area contributed by atoms with E-state index in [2.05, 4.69) is 9.56 Å². The number of nitrogens with zero attached hydrogens (tertiary/aromatic N) is 5. The number of carbonyl (C=O) groups excluding carboxylic acids is 2. The first-order chi connectivity index (χ1) is 13.9. The molecule has 1 saturated heterocycles. The van der Waals surface area contributed by atoms with Crippen LogP contribution in [0.2, 0.25) is 0 Å². The molecule has 1 aromatic carbocycles. The Morgan fingerprint density at radius 2 is 1.83 bits per heavy atom. The maximum absolute atomic E-state index is 12.7. The predicted octanol–water partition coefficient (Wildman–Crippen LogP) is 1.45. The number of fused-ring (bicyclic) bond motifs is 3. The van der Waals surface area contributed by atoms with Crippen molar-refractivity contribution in [1.82, 2.24) is 14.4 Å². The maximum atomic E-state index is 12.7. The van der Waals surface area contributed by atoms with Gasteiger partial charge in [0.1, 0.15) is 11.9 Å². The Kier molecular flexibility index (Phi) is 4.52. The van der Waals surface area contributed by atoms with Crippen LogP contribution in [0.3, 0.4) is 0 Å². The van der Waals surface area contributed by atoms with E-state index in [4.69, 9.17) is 9.47 Å². The number of benzene rings is 1. The SMILES string of the molecule is COc1ccc(CCn2c(C)c[n+]3c2N=C2C3C(=O)N(C)C(=O)N2C)cc1OC. The van der Waals surface area contributed by atoms with E-state index in [1.807, 2.05) is 35.9 Å². The summed E-state index contributed by atoms with van der Waals surface area (Å²) < 4.78 is 14.6. The number of hydrogen-bond donors (Lipinski definition) is 0. The van der Waals surface area contributed by atoms with E-state index >= 15 is 0 Å². The van der Waals surface area contributed by atoms with Gasteiger partial charge in [-0.05, 0) is 24.6 Å². The molecule has 152 valence electrons. The van der Waals surface area contributed by atoms with Crippen LogP contribution in [0, 0.1) is 6.92 Å². The van der Waals surface area contributed by atoms with Crippen LogP contribution in [-0.2, 0) is 17.8 Å². The zero-order valence-electron chi connectivity index (χ0n) is 17.2. The topological polar surface area (TPSA) is 80.2 Å². The van der Waals surface area contributed by atoms with Crippen molar-refractivity contribution < 1.29 is 23.6 Å². The second-order valence-electron chi connectivity index (χ2n) is 7.18. The molecule has 2 aliphatic rings. The third kappa shape index (κ3) is 2.84. The first-order valence-electron chi connectivity index (χ1n) is 9.33. The van der Waals surface area contributed by atoms with Crippen molar-refractivity contribution in [2.75, 3.05) is 28.3 Å². The van der Waals surface area contributed by atoms with Gasteiger partial charge < -0.3 is 9.47 Å². The highest BCUT2D eigenvalue weighted by molar-refractivity contribution is 6.18. The van der Waals surface area contributed by atoms with Crippen molar-refractivity contribution in [2.24, 2.45) is 4.99 Å². The fraction of sp³-hybridized carbons (Fsp3) is 0.400. The lowest BCUT2D eigenvalue weighted by atomic mass is 10.1. The fourth-order valence-corrected chi connectivity index (χ4v) is 3.86. The normalized spacial score (nSPS) is 18.0. The monoisotopic (exact) mass is 398 g/mol. The number of amides is 3. The number of imide groups is 1. The summed E-state index contributed by atoms with van der Waals surface area (Å²) in [5.74, 6) is 2.25. The van der Waals surface area contributed by atoms with Crippen LogP contribution in [0.4, 0.5) is 10.7 Å². The van der Waals surface area contributed by atoms with Crippen LogP contribution < -0.4 is 14.0 Å². The molecule has 1 atom stereocenters. The highest BCUT2D eigenvalue weighted by Crippen LogP contribution is 2.30. The summed E-state index contributed by atoms with van der Waals surface area (Å²) >= 11 is 0. The molecule has 1 unspecified atom stereocenters. The summed E-state index contributed by atoms with van der Waals surface area (Å²) in [6.07, 6.45) is 2.67. The largest absolute Gasteiger partial charge is 0.493 e. The molecule has 9 heteroatoms. The Hall–Kier alpha value is -3.36. The molecule has 3 heterocycles. The number of aliphatic imine (C=N–C) groups is 1. The molecule has 0 bridgehead atoms. The van der Waals surface area contributed by atoms with Gasteiger partial charge in [-0.2, -0.15) is 0 Å². The Bertz CT molecular complexity index is 1040. The zero-order valence-corrected chi connectivity index (χ0v) is 17.2. The quantitative estimate of drug-likeness (QED) is 0.714. The average molecular weight is 398 g/mol. The van der Waals surface area contributed by atoms with E-state index in [0.29, 0.717) is 29.8 Å². The van der Waals surface area contributed by atoms with Gasteiger partial charge in [0.2, 0.25) is 11.9 Å². The van der Waals surface area contributed by atoms with E-state index in [1.165, 1.54) is 11.9 Å². The minimum Gasteiger partial charge on any atom is -0.493 e. The van der Waals surface area contributed by atoms with Crippen molar-refractivity contribution >= 4 is 23.7 Å². The molecule has 0 aliphatic carbocycles. The second-order valence-corrected chi connectivity index (χ2v) is 7.18. The van der Waals surface area contributed by atoms with E-state index < -0.39 is 6.04 Å². The third-order valence-electron chi connectivity index (χ3n) is 5.52. The van der Waals surface area contributed by atoms with Gasteiger partial charge in [-0.3, -0.25) is 14.6 Å². The molecule has 9 nitrogen and oxygen atoms in total. The number of urea groups is 1. The minimum atomic E-state index is -0.598. The third-order valence-corrected chi connectivity index (χ3v) is 5.52. The van der Waals surface area contributed by atoms with Crippen LogP contribution in [0.15, 0.2) is 29.4 Å². The van der Waals surface area contributed by atoms with E-state index in [0.717, 1.165) is 22.6 Å². The highest BCUT2D eigenvalue weighted by atomic mass is 16.5. The molecule has 1 fully saturated rings. The van der Waals surface area contributed by atoms with Crippen molar-refractivity contribution in [1.29, 1.82) is 0 Å². The van der Waals surface area contributed by atoms with Crippen molar-refractivity contribution in [3.63, 3.8) is 0 Å². The van der Waals surface area contributed by atoms with Gasteiger partial charge in [-0.25, -0.2) is 13.9 Å². The van der Waals surface area contributed by atoms with Gasteiger partial charge >= 0.3 is 12.0 Å². The Morgan fingerprint density at radius 1 is 1.10 bits per heavy atom. The number of amidine groups is 1. The summed E-state index contributed by atoms with van der Waals surface area (Å²) in [7, 11) is 6.37. The second kappa shape index (κ2) is 6.91. The molecule has 2 aliphatic heterocycles. The number of imidazole rings is 1. The van der Waals surface area contributed by atoms with Gasteiger partial charge in [0, 0.05) is 20.5 Å². The maximum Gasteiger partial charge on any atom is 0.401 e. The summed E-state index contributed by atoms with van der Waals surface area (Å²) in [6.45, 7) is 2.66. The smallest absolute Gasteiger partial charge is 0.401 e. The molecular weight excluding hydrogens is 374 g/mol. The summed E-state index contributed by atoms with van der Waals surface area (Å²) in [4.78, 5) is 32.2. The van der Waals surface area contributed by atoms with Crippen LogP contribution >= 0.6 is 0 Å². The number of methoxy groups -OCH3 is 2. The molecule has 1 aromatic heterocycles. The number of hydrogen-bond acceptors (Lipinski definition) is 5. The first kappa shape index (κ1) is 19.0. The van der Waals surface area contributed by atoms with Gasteiger partial charge in [0.05, 0.1) is 20.8 Å².